The van der Waals surface area contributed by atoms with Crippen molar-refractivity contribution in [3.05, 3.63) is 23.6 Å². The number of fused-ring (bicyclic) bond motifs is 3. The highest BCUT2D eigenvalue weighted by Crippen LogP contribution is 2.26. The van der Waals surface area contributed by atoms with Crippen LogP contribution in [0.2, 0.25) is 0 Å². The summed E-state index contributed by atoms with van der Waals surface area (Å²) in [6, 6.07) is 0.250. The predicted molar refractivity (Wildman–Crippen MR) is 72.1 cm³/mol. The average Bonchev–Trinajstić information content (AvgIpc) is 3.18. The van der Waals surface area contributed by atoms with Crippen molar-refractivity contribution in [2.45, 2.75) is 19.1 Å². The Morgan fingerprint density at radius 3 is 2.81 bits per heavy atom. The maximum Gasteiger partial charge on any atom is 0.248 e. The second-order valence-corrected chi connectivity index (χ2v) is 5.51. The van der Waals surface area contributed by atoms with Gasteiger partial charge < -0.3 is 10.3 Å². The van der Waals surface area contributed by atoms with E-state index in [2.05, 4.69) is 30.3 Å². The molecular weight excluding hydrogens is 272 g/mol. The lowest BCUT2D eigenvalue weighted by atomic mass is 10.1. The average molecular weight is 290 g/mol. The van der Waals surface area contributed by atoms with E-state index in [0.29, 0.717) is 19.0 Å². The Morgan fingerprint density at radius 2 is 2.14 bits per heavy atom. The Labute approximate surface area is 121 Å². The molecule has 0 radical (unpaired) electrons. The molecule has 0 aliphatic carbocycles. The van der Waals surface area contributed by atoms with Crippen molar-refractivity contribution < 1.29 is 4.52 Å². The highest BCUT2D eigenvalue weighted by Gasteiger charge is 2.35. The van der Waals surface area contributed by atoms with Gasteiger partial charge in [-0.3, -0.25) is 9.80 Å². The quantitative estimate of drug-likeness (QED) is 0.752. The van der Waals surface area contributed by atoms with E-state index in [1.165, 1.54) is 0 Å². The van der Waals surface area contributed by atoms with Gasteiger partial charge in [0.1, 0.15) is 6.54 Å². The number of nitrogens with two attached hydrogens (primary N) is 1. The summed E-state index contributed by atoms with van der Waals surface area (Å²) in [7, 11) is 0. The van der Waals surface area contributed by atoms with Crippen molar-refractivity contribution in [2.24, 2.45) is 5.73 Å². The van der Waals surface area contributed by atoms with Crippen LogP contribution in [-0.2, 0) is 13.1 Å². The van der Waals surface area contributed by atoms with Crippen LogP contribution in [-0.4, -0.2) is 67.7 Å². The fourth-order valence-corrected chi connectivity index (χ4v) is 2.98. The molecule has 2 aromatic heterocycles. The van der Waals surface area contributed by atoms with Crippen molar-refractivity contribution in [3.63, 3.8) is 0 Å². The van der Waals surface area contributed by atoms with Crippen LogP contribution in [0.15, 0.2) is 10.7 Å². The van der Waals surface area contributed by atoms with Crippen LogP contribution in [0.3, 0.4) is 0 Å². The van der Waals surface area contributed by atoms with Gasteiger partial charge in [-0.15, -0.1) is 5.10 Å². The SMILES string of the molecule is NCc1cn(Cc2nc(C3CN4CCN3CC4)no2)nn1. The van der Waals surface area contributed by atoms with E-state index in [1.807, 2.05) is 0 Å². The maximum absolute atomic E-state index is 5.52. The molecule has 2 bridgehead atoms. The minimum Gasteiger partial charge on any atom is -0.337 e. The summed E-state index contributed by atoms with van der Waals surface area (Å²) in [5.41, 5.74) is 6.26. The van der Waals surface area contributed by atoms with E-state index < -0.39 is 0 Å². The van der Waals surface area contributed by atoms with Crippen molar-refractivity contribution in [3.8, 4) is 0 Å². The molecule has 3 saturated heterocycles. The number of piperazine rings is 3. The van der Waals surface area contributed by atoms with Crippen molar-refractivity contribution in [1.29, 1.82) is 0 Å². The van der Waals surface area contributed by atoms with Gasteiger partial charge in [-0.2, -0.15) is 4.98 Å². The van der Waals surface area contributed by atoms with Crippen LogP contribution in [0, 0.1) is 0 Å². The van der Waals surface area contributed by atoms with E-state index in [1.54, 1.807) is 10.9 Å². The summed E-state index contributed by atoms with van der Waals surface area (Å²) < 4.78 is 7.01. The molecule has 21 heavy (non-hydrogen) atoms. The minimum atomic E-state index is 0.250. The molecule has 5 heterocycles. The molecule has 3 aliphatic rings. The van der Waals surface area contributed by atoms with Gasteiger partial charge in [-0.25, -0.2) is 4.68 Å². The Balaban J connectivity index is 1.48. The van der Waals surface area contributed by atoms with Crippen molar-refractivity contribution >= 4 is 0 Å². The Bertz CT molecular complexity index is 614. The molecule has 3 fully saturated rings. The summed E-state index contributed by atoms with van der Waals surface area (Å²) in [6.07, 6.45) is 1.79. The molecule has 2 N–H and O–H groups in total. The summed E-state index contributed by atoms with van der Waals surface area (Å²) >= 11 is 0. The molecule has 0 aromatic carbocycles. The van der Waals surface area contributed by atoms with Gasteiger partial charge in [0.05, 0.1) is 17.9 Å². The zero-order valence-electron chi connectivity index (χ0n) is 11.7. The summed E-state index contributed by atoms with van der Waals surface area (Å²) in [6.45, 7) is 6.23. The van der Waals surface area contributed by atoms with Crippen LogP contribution in [0.25, 0.3) is 0 Å². The third-order valence-electron chi connectivity index (χ3n) is 4.15. The predicted octanol–water partition coefficient (Wildman–Crippen LogP) is -1.16. The fourth-order valence-electron chi connectivity index (χ4n) is 2.98. The van der Waals surface area contributed by atoms with Crippen LogP contribution in [0.1, 0.15) is 23.5 Å². The molecule has 1 unspecified atom stereocenters. The molecular formula is C12H18N8O. The smallest absolute Gasteiger partial charge is 0.248 e. The molecule has 3 aliphatic heterocycles. The number of hydrogen-bond donors (Lipinski definition) is 1. The Hall–Kier alpha value is -1.84. The highest BCUT2D eigenvalue weighted by molar-refractivity contribution is 5.02. The summed E-state index contributed by atoms with van der Waals surface area (Å²) in [5.74, 6) is 1.32. The van der Waals surface area contributed by atoms with E-state index >= 15 is 0 Å². The van der Waals surface area contributed by atoms with Crippen molar-refractivity contribution in [1.82, 2.24) is 34.9 Å². The molecule has 1 atom stereocenters. The number of nitrogens with zero attached hydrogens (tertiary/aromatic N) is 7. The van der Waals surface area contributed by atoms with E-state index in [-0.39, 0.29) is 6.04 Å². The van der Waals surface area contributed by atoms with Crippen LogP contribution in [0.5, 0.6) is 0 Å². The number of hydrogen-bond acceptors (Lipinski definition) is 8. The largest absolute Gasteiger partial charge is 0.337 e. The van der Waals surface area contributed by atoms with Gasteiger partial charge in [0.25, 0.3) is 0 Å². The first-order valence-corrected chi connectivity index (χ1v) is 7.20. The van der Waals surface area contributed by atoms with Crippen LogP contribution in [0.4, 0.5) is 0 Å². The lowest BCUT2D eigenvalue weighted by Crippen LogP contribution is -2.57. The van der Waals surface area contributed by atoms with Gasteiger partial charge in [0.15, 0.2) is 5.82 Å². The third-order valence-corrected chi connectivity index (χ3v) is 4.15. The molecule has 5 rings (SSSR count). The number of aromatic nitrogens is 5. The molecule has 2 aromatic rings. The molecule has 112 valence electrons. The first kappa shape index (κ1) is 12.9. The maximum atomic E-state index is 5.52. The van der Waals surface area contributed by atoms with Crippen molar-refractivity contribution in [2.75, 3.05) is 32.7 Å². The lowest BCUT2D eigenvalue weighted by Gasteiger charge is -2.46. The lowest BCUT2D eigenvalue weighted by molar-refractivity contribution is 0.00781. The zero-order chi connectivity index (χ0) is 14.2. The minimum absolute atomic E-state index is 0.250. The highest BCUT2D eigenvalue weighted by atomic mass is 16.5. The molecule has 0 spiro atoms. The third kappa shape index (κ3) is 2.43. The van der Waals surface area contributed by atoms with E-state index in [9.17, 15) is 0 Å². The standard InChI is InChI=1S/C12H18N8O/c13-5-9-6-20(17-15-9)8-11-14-12(16-21-11)10-7-18-1-3-19(10)4-2-18/h6,10H,1-5,7-8,13H2. The van der Waals surface area contributed by atoms with Gasteiger partial charge in [0, 0.05) is 39.3 Å². The fraction of sp³-hybridized carbons (Fsp3) is 0.667. The van der Waals surface area contributed by atoms with Crippen LogP contribution >= 0.6 is 0 Å². The summed E-state index contributed by atoms with van der Waals surface area (Å²) in [4.78, 5) is 9.39. The molecule has 9 heteroatoms. The Morgan fingerprint density at radius 1 is 1.29 bits per heavy atom. The molecule has 9 nitrogen and oxygen atoms in total. The topological polar surface area (TPSA) is 102 Å². The van der Waals surface area contributed by atoms with Gasteiger partial charge in [-0.1, -0.05) is 10.4 Å². The first-order chi connectivity index (χ1) is 10.3. The zero-order valence-corrected chi connectivity index (χ0v) is 11.7. The van der Waals surface area contributed by atoms with Crippen LogP contribution < -0.4 is 5.73 Å². The van der Waals surface area contributed by atoms with E-state index in [0.717, 1.165) is 44.2 Å². The summed E-state index contributed by atoms with van der Waals surface area (Å²) in [5, 5.41) is 12.1. The number of rotatable bonds is 4. The second kappa shape index (κ2) is 5.17. The molecule has 0 saturated carbocycles. The molecule has 0 amide bonds. The van der Waals surface area contributed by atoms with Gasteiger partial charge in [0.2, 0.25) is 5.89 Å². The monoisotopic (exact) mass is 290 g/mol. The normalized spacial score (nSPS) is 28.1. The van der Waals surface area contributed by atoms with Gasteiger partial charge in [-0.05, 0) is 0 Å². The second-order valence-electron chi connectivity index (χ2n) is 5.51. The first-order valence-electron chi connectivity index (χ1n) is 7.20. The van der Waals surface area contributed by atoms with Gasteiger partial charge >= 0.3 is 0 Å². The Kier molecular flexibility index (Phi) is 3.17. The van der Waals surface area contributed by atoms with E-state index in [4.69, 9.17) is 10.3 Å².